The van der Waals surface area contributed by atoms with Gasteiger partial charge >= 0.3 is 0 Å². The van der Waals surface area contributed by atoms with E-state index in [1.54, 1.807) is 0 Å². The van der Waals surface area contributed by atoms with Gasteiger partial charge in [0.05, 0.1) is 13.2 Å². The van der Waals surface area contributed by atoms with E-state index in [0.29, 0.717) is 0 Å². The van der Waals surface area contributed by atoms with E-state index in [9.17, 15) is 0 Å². The van der Waals surface area contributed by atoms with Crippen molar-refractivity contribution in [1.82, 2.24) is 4.90 Å². The number of anilines is 1. The van der Waals surface area contributed by atoms with Crippen LogP contribution >= 0.6 is 0 Å². The van der Waals surface area contributed by atoms with Crippen LogP contribution in [-0.4, -0.2) is 37.7 Å². The molecule has 0 aliphatic carbocycles. The smallest absolute Gasteiger partial charge is 0.164 e. The number of fused-ring (bicyclic) bond motifs is 1. The topological polar surface area (TPSA) is 47.7 Å². The van der Waals surface area contributed by atoms with Gasteiger partial charge in [0.15, 0.2) is 11.5 Å². The van der Waals surface area contributed by atoms with Gasteiger partial charge in [0.2, 0.25) is 0 Å². The molecule has 2 heterocycles. The van der Waals surface area contributed by atoms with Crippen LogP contribution in [0.2, 0.25) is 0 Å². The Labute approximate surface area is 120 Å². The van der Waals surface area contributed by atoms with Crippen molar-refractivity contribution in [2.24, 2.45) is 0 Å². The molecule has 0 atom stereocenters. The molecule has 0 spiro atoms. The average Bonchev–Trinajstić information content (AvgIpc) is 2.96. The van der Waals surface area contributed by atoms with Crippen molar-refractivity contribution >= 4 is 5.69 Å². The number of likely N-dealkylation sites (tertiary alicyclic amines) is 1. The third-order valence-electron chi connectivity index (χ3n) is 4.07. The van der Waals surface area contributed by atoms with Crippen molar-refractivity contribution in [3.05, 3.63) is 17.7 Å². The molecule has 0 bridgehead atoms. The van der Waals surface area contributed by atoms with E-state index in [1.807, 2.05) is 12.1 Å². The van der Waals surface area contributed by atoms with Gasteiger partial charge in [0.25, 0.3) is 0 Å². The van der Waals surface area contributed by atoms with E-state index in [1.165, 1.54) is 31.5 Å². The molecule has 0 radical (unpaired) electrons. The van der Waals surface area contributed by atoms with Crippen LogP contribution < -0.4 is 15.2 Å². The highest BCUT2D eigenvalue weighted by Crippen LogP contribution is 2.37. The molecular formula is C16H24N2O2. The van der Waals surface area contributed by atoms with Crippen LogP contribution in [0.15, 0.2) is 12.1 Å². The quantitative estimate of drug-likeness (QED) is 0.663. The molecule has 1 aromatic carbocycles. The number of nitrogens with zero attached hydrogens (tertiary/aromatic N) is 1. The first kappa shape index (κ1) is 13.6. The van der Waals surface area contributed by atoms with Gasteiger partial charge in [-0.05, 0) is 51.3 Å². The number of hydrogen-bond donors (Lipinski definition) is 1. The zero-order chi connectivity index (χ0) is 13.8. The molecule has 4 heteroatoms. The van der Waals surface area contributed by atoms with Gasteiger partial charge in [-0.25, -0.2) is 0 Å². The predicted octanol–water partition coefficient (Wildman–Crippen LogP) is 2.46. The van der Waals surface area contributed by atoms with Crippen molar-refractivity contribution in [2.75, 3.05) is 38.6 Å². The van der Waals surface area contributed by atoms with Gasteiger partial charge in [-0.2, -0.15) is 0 Å². The lowest BCUT2D eigenvalue weighted by molar-refractivity contribution is 0.235. The summed E-state index contributed by atoms with van der Waals surface area (Å²) in [6.07, 6.45) is 5.84. The number of benzene rings is 1. The predicted molar refractivity (Wildman–Crippen MR) is 80.5 cm³/mol. The molecule has 1 fully saturated rings. The van der Waals surface area contributed by atoms with Crippen molar-refractivity contribution < 1.29 is 9.47 Å². The summed E-state index contributed by atoms with van der Waals surface area (Å²) in [4.78, 5) is 2.51. The zero-order valence-corrected chi connectivity index (χ0v) is 12.1. The Morgan fingerprint density at radius 1 is 1.20 bits per heavy atom. The number of nitrogens with two attached hydrogens (primary N) is 1. The minimum absolute atomic E-state index is 0.732. The van der Waals surface area contributed by atoms with Crippen LogP contribution in [0.4, 0.5) is 5.69 Å². The van der Waals surface area contributed by atoms with Gasteiger partial charge in [0, 0.05) is 23.9 Å². The van der Waals surface area contributed by atoms with E-state index < -0.39 is 0 Å². The normalized spacial score (nSPS) is 18.6. The van der Waals surface area contributed by atoms with Crippen molar-refractivity contribution in [2.45, 2.75) is 32.1 Å². The highest BCUT2D eigenvalue weighted by Gasteiger charge is 2.17. The second-order valence-corrected chi connectivity index (χ2v) is 5.71. The molecule has 110 valence electrons. The van der Waals surface area contributed by atoms with Crippen LogP contribution in [-0.2, 0) is 6.42 Å². The lowest BCUT2D eigenvalue weighted by Crippen LogP contribution is -2.22. The number of ether oxygens (including phenoxy) is 2. The molecule has 2 N–H and O–H groups in total. The third kappa shape index (κ3) is 3.18. The zero-order valence-electron chi connectivity index (χ0n) is 12.1. The maximum absolute atomic E-state index is 5.94. The van der Waals surface area contributed by atoms with Crippen LogP contribution in [0.3, 0.4) is 0 Å². The van der Waals surface area contributed by atoms with Gasteiger partial charge < -0.3 is 20.1 Å². The highest BCUT2D eigenvalue weighted by molar-refractivity contribution is 5.57. The maximum atomic E-state index is 5.94. The standard InChI is InChI=1S/C16H24N2O2/c17-14-11-13-5-3-9-20-16(13)15(12-14)19-10-4-8-18-6-1-2-7-18/h11-12H,1-10,17H2. The molecule has 4 nitrogen and oxygen atoms in total. The second-order valence-electron chi connectivity index (χ2n) is 5.71. The van der Waals surface area contributed by atoms with Crippen LogP contribution in [0.25, 0.3) is 0 Å². The van der Waals surface area contributed by atoms with Crippen molar-refractivity contribution in [1.29, 1.82) is 0 Å². The summed E-state index contributed by atoms with van der Waals surface area (Å²) >= 11 is 0. The fourth-order valence-corrected chi connectivity index (χ4v) is 3.05. The Morgan fingerprint density at radius 2 is 2.05 bits per heavy atom. The SMILES string of the molecule is Nc1cc2c(c(OCCCN3CCCC3)c1)OCCC2. The van der Waals surface area contributed by atoms with E-state index in [2.05, 4.69) is 4.90 Å². The number of rotatable bonds is 5. The van der Waals surface area contributed by atoms with Crippen LogP contribution in [0.5, 0.6) is 11.5 Å². The first-order chi connectivity index (χ1) is 9.83. The van der Waals surface area contributed by atoms with E-state index >= 15 is 0 Å². The molecule has 2 aliphatic heterocycles. The Bertz CT molecular complexity index is 456. The first-order valence-electron chi connectivity index (χ1n) is 7.73. The Morgan fingerprint density at radius 3 is 2.90 bits per heavy atom. The average molecular weight is 276 g/mol. The molecule has 0 amide bonds. The summed E-state index contributed by atoms with van der Waals surface area (Å²) in [5, 5.41) is 0. The summed E-state index contributed by atoms with van der Waals surface area (Å²) in [6, 6.07) is 3.89. The Balaban J connectivity index is 1.55. The minimum Gasteiger partial charge on any atom is -0.490 e. The number of hydrogen-bond acceptors (Lipinski definition) is 4. The number of nitrogen functional groups attached to an aromatic ring is 1. The van der Waals surface area contributed by atoms with Crippen LogP contribution in [0, 0.1) is 0 Å². The Hall–Kier alpha value is -1.42. The summed E-state index contributed by atoms with van der Waals surface area (Å²) in [7, 11) is 0. The molecule has 1 saturated heterocycles. The summed E-state index contributed by atoms with van der Waals surface area (Å²) in [5.74, 6) is 1.73. The third-order valence-corrected chi connectivity index (χ3v) is 4.07. The lowest BCUT2D eigenvalue weighted by Gasteiger charge is -2.21. The van der Waals surface area contributed by atoms with Gasteiger partial charge in [-0.1, -0.05) is 0 Å². The van der Waals surface area contributed by atoms with Gasteiger partial charge in [-0.3, -0.25) is 0 Å². The maximum Gasteiger partial charge on any atom is 0.164 e. The molecular weight excluding hydrogens is 252 g/mol. The molecule has 3 rings (SSSR count). The largest absolute Gasteiger partial charge is 0.490 e. The molecule has 1 aromatic rings. The summed E-state index contributed by atoms with van der Waals surface area (Å²) in [5.41, 5.74) is 7.90. The molecule has 0 unspecified atom stereocenters. The number of aryl methyl sites for hydroxylation is 1. The van der Waals surface area contributed by atoms with Crippen LogP contribution in [0.1, 0.15) is 31.2 Å². The lowest BCUT2D eigenvalue weighted by atomic mass is 10.1. The molecule has 0 saturated carbocycles. The summed E-state index contributed by atoms with van der Waals surface area (Å²) < 4.78 is 11.7. The van der Waals surface area contributed by atoms with Crippen molar-refractivity contribution in [3.8, 4) is 11.5 Å². The minimum atomic E-state index is 0.732. The fraction of sp³-hybridized carbons (Fsp3) is 0.625. The molecule has 20 heavy (non-hydrogen) atoms. The monoisotopic (exact) mass is 276 g/mol. The van der Waals surface area contributed by atoms with E-state index in [0.717, 1.165) is 56.2 Å². The molecule has 0 aromatic heterocycles. The second kappa shape index (κ2) is 6.35. The van der Waals surface area contributed by atoms with Gasteiger partial charge in [0.1, 0.15) is 0 Å². The van der Waals surface area contributed by atoms with Crippen molar-refractivity contribution in [3.63, 3.8) is 0 Å². The van der Waals surface area contributed by atoms with Gasteiger partial charge in [-0.15, -0.1) is 0 Å². The van der Waals surface area contributed by atoms with E-state index in [4.69, 9.17) is 15.2 Å². The highest BCUT2D eigenvalue weighted by atomic mass is 16.5. The fourth-order valence-electron chi connectivity index (χ4n) is 3.05. The summed E-state index contributed by atoms with van der Waals surface area (Å²) in [6.45, 7) is 5.13. The molecule has 2 aliphatic rings. The Kier molecular flexibility index (Phi) is 4.31. The van der Waals surface area contributed by atoms with E-state index in [-0.39, 0.29) is 0 Å². The first-order valence-corrected chi connectivity index (χ1v) is 7.73.